The molecule has 23 heavy (non-hydrogen) atoms. The van der Waals surface area contributed by atoms with E-state index < -0.39 is 22.3 Å². The summed E-state index contributed by atoms with van der Waals surface area (Å²) >= 11 is 0. The number of hydrogen-bond donors (Lipinski definition) is 1. The topological polar surface area (TPSA) is 105 Å². The predicted molar refractivity (Wildman–Crippen MR) is 78.3 cm³/mol. The van der Waals surface area contributed by atoms with E-state index in [1.54, 1.807) is 0 Å². The number of nitriles is 1. The smallest absolute Gasteiger partial charge is 0.295 e. The Morgan fingerprint density at radius 1 is 1.30 bits per heavy atom. The van der Waals surface area contributed by atoms with Gasteiger partial charge in [0.2, 0.25) is 0 Å². The third-order valence-corrected chi connectivity index (χ3v) is 2.78. The highest BCUT2D eigenvalue weighted by Crippen LogP contribution is 2.24. The van der Waals surface area contributed by atoms with Gasteiger partial charge in [0.25, 0.3) is 11.6 Å². The van der Waals surface area contributed by atoms with Gasteiger partial charge in [0.15, 0.2) is 6.61 Å². The van der Waals surface area contributed by atoms with Crippen molar-refractivity contribution in [3.63, 3.8) is 0 Å². The van der Waals surface area contributed by atoms with Crippen LogP contribution in [0.25, 0.3) is 0 Å². The fourth-order valence-electron chi connectivity index (χ4n) is 1.72. The Labute approximate surface area is 130 Å². The fourth-order valence-corrected chi connectivity index (χ4v) is 1.72. The van der Waals surface area contributed by atoms with E-state index in [0.29, 0.717) is 11.3 Å². The summed E-state index contributed by atoms with van der Waals surface area (Å²) in [4.78, 5) is 21.8. The zero-order chi connectivity index (χ0) is 16.8. The van der Waals surface area contributed by atoms with Crippen LogP contribution < -0.4 is 10.1 Å². The molecular weight excluding hydrogens is 305 g/mol. The Balaban J connectivity index is 1.99. The number of ether oxygens (including phenoxy) is 1. The van der Waals surface area contributed by atoms with Gasteiger partial charge in [0.1, 0.15) is 17.3 Å². The molecule has 0 saturated heterocycles. The number of nitro groups is 1. The lowest BCUT2D eigenvalue weighted by molar-refractivity contribution is -0.384. The molecule has 8 heteroatoms. The summed E-state index contributed by atoms with van der Waals surface area (Å²) in [6.07, 6.45) is 0. The molecule has 0 aliphatic rings. The number of halogens is 1. The van der Waals surface area contributed by atoms with Crippen LogP contribution in [-0.4, -0.2) is 17.4 Å². The van der Waals surface area contributed by atoms with Gasteiger partial charge in [-0.3, -0.25) is 14.9 Å². The van der Waals surface area contributed by atoms with Gasteiger partial charge < -0.3 is 10.1 Å². The summed E-state index contributed by atoms with van der Waals surface area (Å²) in [7, 11) is 0. The Bertz CT molecular complexity index is 784. The van der Waals surface area contributed by atoms with Gasteiger partial charge in [-0.05, 0) is 36.4 Å². The number of anilines is 1. The molecule has 1 N–H and O–H groups in total. The van der Waals surface area contributed by atoms with Gasteiger partial charge in [-0.15, -0.1) is 0 Å². The first-order valence-electron chi connectivity index (χ1n) is 6.36. The van der Waals surface area contributed by atoms with Crippen LogP contribution in [0.1, 0.15) is 5.56 Å². The molecule has 116 valence electrons. The maximum absolute atomic E-state index is 13.0. The third kappa shape index (κ3) is 4.25. The van der Waals surface area contributed by atoms with Crippen LogP contribution in [-0.2, 0) is 4.79 Å². The zero-order valence-electron chi connectivity index (χ0n) is 11.7. The standard InChI is InChI=1S/C15H10FN3O4/c16-11-3-6-13(14(7-11)19(21)22)18-15(20)9-23-12-4-1-10(8-17)2-5-12/h1-7H,9H2,(H,18,20). The first-order chi connectivity index (χ1) is 11.0. The lowest BCUT2D eigenvalue weighted by atomic mass is 10.2. The van der Waals surface area contributed by atoms with Crippen molar-refractivity contribution >= 4 is 17.3 Å². The number of benzene rings is 2. The molecule has 7 nitrogen and oxygen atoms in total. The van der Waals surface area contributed by atoms with E-state index in [-0.39, 0.29) is 12.3 Å². The molecular formula is C15H10FN3O4. The highest BCUT2D eigenvalue weighted by Gasteiger charge is 2.17. The fraction of sp³-hybridized carbons (Fsp3) is 0.0667. The Morgan fingerprint density at radius 3 is 2.61 bits per heavy atom. The number of nitro benzene ring substituents is 1. The second-order valence-electron chi connectivity index (χ2n) is 4.39. The van der Waals surface area contributed by atoms with E-state index in [9.17, 15) is 19.3 Å². The van der Waals surface area contributed by atoms with E-state index in [1.807, 2.05) is 6.07 Å². The van der Waals surface area contributed by atoms with Crippen molar-refractivity contribution < 1.29 is 18.8 Å². The average molecular weight is 315 g/mol. The molecule has 2 rings (SSSR count). The van der Waals surface area contributed by atoms with Crippen molar-refractivity contribution in [3.05, 3.63) is 64.0 Å². The largest absolute Gasteiger partial charge is 0.484 e. The first-order valence-corrected chi connectivity index (χ1v) is 6.36. The number of rotatable bonds is 5. The molecule has 2 aromatic rings. The Kier molecular flexibility index (Phi) is 4.84. The van der Waals surface area contributed by atoms with Gasteiger partial charge in [-0.1, -0.05) is 0 Å². The summed E-state index contributed by atoms with van der Waals surface area (Å²) < 4.78 is 18.2. The normalized spacial score (nSPS) is 9.74. The predicted octanol–water partition coefficient (Wildman–Crippen LogP) is 2.62. The Hall–Kier alpha value is -3.47. The molecule has 0 radical (unpaired) electrons. The highest BCUT2D eigenvalue weighted by molar-refractivity contribution is 5.94. The first kappa shape index (κ1) is 15.9. The van der Waals surface area contributed by atoms with Crippen molar-refractivity contribution in [2.45, 2.75) is 0 Å². The van der Waals surface area contributed by atoms with Crippen molar-refractivity contribution in [3.8, 4) is 11.8 Å². The minimum absolute atomic E-state index is 0.121. The monoisotopic (exact) mass is 315 g/mol. The van der Waals surface area contributed by atoms with Crippen LogP contribution in [0.4, 0.5) is 15.8 Å². The number of carbonyl (C=O) groups excluding carboxylic acids is 1. The lowest BCUT2D eigenvalue weighted by Gasteiger charge is -2.08. The van der Waals surface area contributed by atoms with E-state index in [0.717, 1.165) is 18.2 Å². The molecule has 0 spiro atoms. The number of nitrogens with zero attached hydrogens (tertiary/aromatic N) is 2. The molecule has 0 aliphatic heterocycles. The van der Waals surface area contributed by atoms with E-state index in [1.165, 1.54) is 24.3 Å². The van der Waals surface area contributed by atoms with Crippen LogP contribution in [0.3, 0.4) is 0 Å². The van der Waals surface area contributed by atoms with Crippen LogP contribution in [0, 0.1) is 27.3 Å². The third-order valence-electron chi connectivity index (χ3n) is 2.78. The quantitative estimate of drug-likeness (QED) is 0.674. The van der Waals surface area contributed by atoms with Crippen LogP contribution in [0.2, 0.25) is 0 Å². The number of nitrogens with one attached hydrogen (secondary N) is 1. The van der Waals surface area contributed by atoms with E-state index >= 15 is 0 Å². The minimum Gasteiger partial charge on any atom is -0.484 e. The zero-order valence-corrected chi connectivity index (χ0v) is 11.7. The lowest BCUT2D eigenvalue weighted by Crippen LogP contribution is -2.20. The second kappa shape index (κ2) is 7.00. The molecule has 0 bridgehead atoms. The minimum atomic E-state index is -0.792. The average Bonchev–Trinajstić information content (AvgIpc) is 2.55. The van der Waals surface area contributed by atoms with E-state index in [2.05, 4.69) is 5.32 Å². The van der Waals surface area contributed by atoms with Gasteiger partial charge in [0, 0.05) is 0 Å². The van der Waals surface area contributed by atoms with Gasteiger partial charge in [0.05, 0.1) is 22.6 Å². The number of amides is 1. The Morgan fingerprint density at radius 2 is 2.00 bits per heavy atom. The summed E-state index contributed by atoms with van der Waals surface area (Å²) in [6, 6.07) is 10.9. The molecule has 2 aromatic carbocycles. The number of hydrogen-bond acceptors (Lipinski definition) is 5. The summed E-state index contributed by atoms with van der Waals surface area (Å²) in [5, 5.41) is 21.8. The molecule has 0 unspecified atom stereocenters. The van der Waals surface area contributed by atoms with Gasteiger partial charge in [-0.2, -0.15) is 5.26 Å². The maximum atomic E-state index is 13.0. The molecule has 0 fully saturated rings. The highest BCUT2D eigenvalue weighted by atomic mass is 19.1. The summed E-state index contributed by atoms with van der Waals surface area (Å²) in [6.45, 7) is -0.388. The molecule has 0 aromatic heterocycles. The maximum Gasteiger partial charge on any atom is 0.295 e. The van der Waals surface area contributed by atoms with Crippen molar-refractivity contribution in [1.29, 1.82) is 5.26 Å². The molecule has 0 aliphatic carbocycles. The van der Waals surface area contributed by atoms with Gasteiger partial charge in [-0.25, -0.2) is 4.39 Å². The van der Waals surface area contributed by atoms with Crippen LogP contribution in [0.15, 0.2) is 42.5 Å². The van der Waals surface area contributed by atoms with Crippen LogP contribution >= 0.6 is 0 Å². The molecule has 0 atom stereocenters. The molecule has 1 amide bonds. The van der Waals surface area contributed by atoms with Crippen molar-refractivity contribution in [1.82, 2.24) is 0 Å². The summed E-state index contributed by atoms with van der Waals surface area (Å²) in [5.74, 6) is -1.04. The van der Waals surface area contributed by atoms with Crippen molar-refractivity contribution in [2.24, 2.45) is 0 Å². The van der Waals surface area contributed by atoms with Gasteiger partial charge >= 0.3 is 0 Å². The van der Waals surface area contributed by atoms with E-state index in [4.69, 9.17) is 10.00 Å². The molecule has 0 heterocycles. The SMILES string of the molecule is N#Cc1ccc(OCC(=O)Nc2ccc(F)cc2[N+](=O)[O-])cc1. The summed E-state index contributed by atoms with van der Waals surface area (Å²) in [5.41, 5.74) is -0.217. The number of carbonyl (C=O) groups is 1. The molecule has 0 saturated carbocycles. The second-order valence-corrected chi connectivity index (χ2v) is 4.39. The van der Waals surface area contributed by atoms with Crippen LogP contribution in [0.5, 0.6) is 5.75 Å². The van der Waals surface area contributed by atoms with Crippen molar-refractivity contribution in [2.75, 3.05) is 11.9 Å².